The molecule has 0 aliphatic rings. The maximum atomic E-state index is 12.3. The van der Waals surface area contributed by atoms with Crippen LogP contribution < -0.4 is 11.0 Å². The number of nitrogens with zero attached hydrogens (tertiary/aromatic N) is 4. The molecular formula is C18H20N6O3. The van der Waals surface area contributed by atoms with Crippen molar-refractivity contribution in [2.45, 2.75) is 39.7 Å². The van der Waals surface area contributed by atoms with Crippen LogP contribution in [0.15, 0.2) is 33.7 Å². The Morgan fingerprint density at radius 2 is 2.11 bits per heavy atom. The molecule has 0 aliphatic carbocycles. The minimum atomic E-state index is -0.432. The van der Waals surface area contributed by atoms with Gasteiger partial charge in [-0.1, -0.05) is 11.2 Å². The van der Waals surface area contributed by atoms with Gasteiger partial charge in [-0.3, -0.25) is 9.78 Å². The largest absolute Gasteiger partial charge is 0.345 e. The first-order valence-electron chi connectivity index (χ1n) is 8.55. The Labute approximate surface area is 155 Å². The maximum Gasteiger partial charge on any atom is 0.345 e. The number of hydrogen-bond donors (Lipinski definition) is 2. The number of hydrogen-bond acceptors (Lipinski definition) is 7. The maximum absolute atomic E-state index is 12.3. The lowest BCUT2D eigenvalue weighted by Crippen LogP contribution is -2.27. The predicted octanol–water partition coefficient (Wildman–Crippen LogP) is 1.64. The zero-order valence-corrected chi connectivity index (χ0v) is 15.3. The molecule has 3 rings (SSSR count). The number of nitrogens with one attached hydrogen (secondary N) is 2. The second kappa shape index (κ2) is 7.90. The molecule has 0 fully saturated rings. The third kappa shape index (κ3) is 4.43. The van der Waals surface area contributed by atoms with Crippen molar-refractivity contribution in [2.75, 3.05) is 0 Å². The van der Waals surface area contributed by atoms with E-state index in [-0.39, 0.29) is 18.0 Å². The molecule has 1 unspecified atom stereocenters. The Morgan fingerprint density at radius 3 is 2.81 bits per heavy atom. The molecule has 0 aromatic carbocycles. The highest BCUT2D eigenvalue weighted by Crippen LogP contribution is 2.17. The molecule has 0 spiro atoms. The summed E-state index contributed by atoms with van der Waals surface area (Å²) in [5, 5.41) is 6.73. The standard InChI is InChI=1S/C18H20N6O3/c1-10-13(11(2)22-18(26)21-10)7-8-15(25)20-12(3)17-23-16(24-27-17)14-6-4-5-9-19-14/h4-6,9,12H,7-8H2,1-3H3,(H,20,25)(H,21,22,26). The molecule has 9 nitrogen and oxygen atoms in total. The lowest BCUT2D eigenvalue weighted by Gasteiger charge is -2.11. The highest BCUT2D eigenvalue weighted by Gasteiger charge is 2.18. The second-order valence-corrected chi connectivity index (χ2v) is 6.19. The number of carbonyl (C=O) groups is 1. The molecule has 2 N–H and O–H groups in total. The topological polar surface area (TPSA) is 127 Å². The number of amides is 1. The summed E-state index contributed by atoms with van der Waals surface area (Å²) < 4.78 is 5.23. The van der Waals surface area contributed by atoms with E-state index < -0.39 is 6.04 Å². The molecule has 0 saturated carbocycles. The number of aromatic nitrogens is 5. The first kappa shape index (κ1) is 18.4. The van der Waals surface area contributed by atoms with Crippen LogP contribution in [0.3, 0.4) is 0 Å². The summed E-state index contributed by atoms with van der Waals surface area (Å²) in [5.74, 6) is 0.518. The zero-order valence-electron chi connectivity index (χ0n) is 15.3. The van der Waals surface area contributed by atoms with Gasteiger partial charge < -0.3 is 14.8 Å². The fourth-order valence-corrected chi connectivity index (χ4v) is 2.75. The van der Waals surface area contributed by atoms with Gasteiger partial charge in [0.25, 0.3) is 0 Å². The lowest BCUT2D eigenvalue weighted by molar-refractivity contribution is -0.121. The van der Waals surface area contributed by atoms with Crippen molar-refractivity contribution in [3.63, 3.8) is 0 Å². The van der Waals surface area contributed by atoms with E-state index in [2.05, 4.69) is 30.4 Å². The second-order valence-electron chi connectivity index (χ2n) is 6.19. The Hall–Kier alpha value is -3.36. The number of carbonyl (C=O) groups excluding carboxylic acids is 1. The first-order chi connectivity index (χ1) is 12.9. The lowest BCUT2D eigenvalue weighted by atomic mass is 10.1. The van der Waals surface area contributed by atoms with Crippen molar-refractivity contribution in [1.82, 2.24) is 30.4 Å². The molecule has 0 aliphatic heterocycles. The molecule has 9 heteroatoms. The summed E-state index contributed by atoms with van der Waals surface area (Å²) in [4.78, 5) is 38.6. The van der Waals surface area contributed by atoms with Gasteiger partial charge in [0.2, 0.25) is 17.6 Å². The molecule has 3 aromatic heterocycles. The van der Waals surface area contributed by atoms with Crippen LogP contribution in [0.2, 0.25) is 0 Å². The van der Waals surface area contributed by atoms with Crippen LogP contribution in [-0.4, -0.2) is 31.0 Å². The number of rotatable bonds is 6. The van der Waals surface area contributed by atoms with E-state index in [9.17, 15) is 9.59 Å². The molecule has 1 atom stereocenters. The average molecular weight is 368 g/mol. The van der Waals surface area contributed by atoms with Crippen molar-refractivity contribution < 1.29 is 9.32 Å². The van der Waals surface area contributed by atoms with Gasteiger partial charge in [-0.15, -0.1) is 0 Å². The van der Waals surface area contributed by atoms with E-state index >= 15 is 0 Å². The fraction of sp³-hybridized carbons (Fsp3) is 0.333. The van der Waals surface area contributed by atoms with E-state index in [1.807, 2.05) is 6.07 Å². The summed E-state index contributed by atoms with van der Waals surface area (Å²) in [6, 6.07) is 4.98. The molecule has 140 valence electrons. The Kier molecular flexibility index (Phi) is 5.39. The SMILES string of the molecule is Cc1nc(=O)[nH]c(C)c1CCC(=O)NC(C)c1nc(-c2ccccn2)no1. The number of pyridine rings is 1. The van der Waals surface area contributed by atoms with Crippen LogP contribution in [0, 0.1) is 13.8 Å². The number of aryl methyl sites for hydroxylation is 2. The molecule has 3 heterocycles. The molecule has 0 bridgehead atoms. The van der Waals surface area contributed by atoms with Crippen LogP contribution in [0.4, 0.5) is 0 Å². The van der Waals surface area contributed by atoms with Crippen molar-refractivity contribution in [3.8, 4) is 11.5 Å². The van der Waals surface area contributed by atoms with Gasteiger partial charge in [-0.2, -0.15) is 9.97 Å². The minimum Gasteiger partial charge on any atom is -0.345 e. The molecular weight excluding hydrogens is 348 g/mol. The highest BCUT2D eigenvalue weighted by molar-refractivity contribution is 5.76. The Balaban J connectivity index is 1.60. The van der Waals surface area contributed by atoms with Gasteiger partial charge in [0.05, 0.1) is 0 Å². The van der Waals surface area contributed by atoms with Crippen LogP contribution in [-0.2, 0) is 11.2 Å². The van der Waals surface area contributed by atoms with Crippen LogP contribution in [0.5, 0.6) is 0 Å². The summed E-state index contributed by atoms with van der Waals surface area (Å²) in [5.41, 5.74) is 2.45. The van der Waals surface area contributed by atoms with E-state index in [1.165, 1.54) is 0 Å². The van der Waals surface area contributed by atoms with Crippen molar-refractivity contribution >= 4 is 5.91 Å². The first-order valence-corrected chi connectivity index (χ1v) is 8.55. The third-order valence-corrected chi connectivity index (χ3v) is 4.14. The number of aromatic amines is 1. The van der Waals surface area contributed by atoms with Gasteiger partial charge >= 0.3 is 5.69 Å². The Morgan fingerprint density at radius 1 is 1.30 bits per heavy atom. The summed E-state index contributed by atoms with van der Waals surface area (Å²) in [6.45, 7) is 5.32. The van der Waals surface area contributed by atoms with Crippen LogP contribution >= 0.6 is 0 Å². The predicted molar refractivity (Wildman–Crippen MR) is 96.7 cm³/mol. The minimum absolute atomic E-state index is 0.162. The summed E-state index contributed by atoms with van der Waals surface area (Å²) >= 11 is 0. The van der Waals surface area contributed by atoms with E-state index in [4.69, 9.17) is 4.52 Å². The van der Waals surface area contributed by atoms with Gasteiger partial charge in [-0.05, 0) is 44.9 Å². The summed E-state index contributed by atoms with van der Waals surface area (Å²) in [7, 11) is 0. The summed E-state index contributed by atoms with van der Waals surface area (Å²) in [6.07, 6.45) is 2.37. The van der Waals surface area contributed by atoms with Crippen molar-refractivity contribution in [2.24, 2.45) is 0 Å². The van der Waals surface area contributed by atoms with Crippen LogP contribution in [0.1, 0.15) is 42.2 Å². The average Bonchev–Trinajstić information content (AvgIpc) is 3.12. The van der Waals surface area contributed by atoms with E-state index in [0.717, 1.165) is 11.3 Å². The Bertz CT molecular complexity index is 970. The van der Waals surface area contributed by atoms with Gasteiger partial charge in [0.15, 0.2) is 0 Å². The van der Waals surface area contributed by atoms with Gasteiger partial charge in [0, 0.05) is 24.0 Å². The monoisotopic (exact) mass is 368 g/mol. The van der Waals surface area contributed by atoms with Crippen LogP contribution in [0.25, 0.3) is 11.5 Å². The van der Waals surface area contributed by atoms with Crippen molar-refractivity contribution in [3.05, 3.63) is 57.7 Å². The molecule has 27 heavy (non-hydrogen) atoms. The normalized spacial score (nSPS) is 12.0. The third-order valence-electron chi connectivity index (χ3n) is 4.14. The smallest absolute Gasteiger partial charge is 0.345 e. The molecule has 0 radical (unpaired) electrons. The van der Waals surface area contributed by atoms with Crippen molar-refractivity contribution in [1.29, 1.82) is 0 Å². The zero-order chi connectivity index (χ0) is 19.4. The fourth-order valence-electron chi connectivity index (χ4n) is 2.75. The molecule has 0 saturated heterocycles. The van der Waals surface area contributed by atoms with E-state index in [1.54, 1.807) is 39.1 Å². The highest BCUT2D eigenvalue weighted by atomic mass is 16.5. The molecule has 3 aromatic rings. The quantitative estimate of drug-likeness (QED) is 0.677. The van der Waals surface area contributed by atoms with Gasteiger partial charge in [-0.25, -0.2) is 4.79 Å². The van der Waals surface area contributed by atoms with Gasteiger partial charge in [0.1, 0.15) is 11.7 Å². The van der Waals surface area contributed by atoms with E-state index in [0.29, 0.717) is 29.5 Å². The molecule has 1 amide bonds. The number of H-pyrrole nitrogens is 1.